The lowest BCUT2D eigenvalue weighted by atomic mass is 10.1. The minimum absolute atomic E-state index is 0.707. The van der Waals surface area contributed by atoms with Crippen molar-refractivity contribution in [3.63, 3.8) is 0 Å². The fraction of sp³-hybridized carbons (Fsp3) is 0.417. The van der Waals surface area contributed by atoms with Gasteiger partial charge in [0.15, 0.2) is 0 Å². The summed E-state index contributed by atoms with van der Waals surface area (Å²) in [6.07, 6.45) is 6.16. The molecule has 0 fully saturated rings. The molecule has 0 spiro atoms. The first-order chi connectivity index (χ1) is 6.83. The topological polar surface area (TPSA) is 17.1 Å². The zero-order valence-electron chi connectivity index (χ0n) is 8.21. The van der Waals surface area contributed by atoms with E-state index in [-0.39, 0.29) is 0 Å². The standard InChI is InChI=1S/C12H15BrO/c13-12-8-5-7-11(10-12)6-3-1-2-4-9-14/h5,7-10H,1-4,6H2. The second-order valence-electron chi connectivity index (χ2n) is 3.40. The highest BCUT2D eigenvalue weighted by atomic mass is 79.9. The minimum Gasteiger partial charge on any atom is -0.303 e. The summed E-state index contributed by atoms with van der Waals surface area (Å²) in [5, 5.41) is 0. The number of carbonyl (C=O) groups is 1. The van der Waals surface area contributed by atoms with Gasteiger partial charge in [-0.25, -0.2) is 0 Å². The quantitative estimate of drug-likeness (QED) is 0.558. The van der Waals surface area contributed by atoms with Crippen molar-refractivity contribution in [2.45, 2.75) is 32.1 Å². The Labute approximate surface area is 93.7 Å². The summed E-state index contributed by atoms with van der Waals surface area (Å²) < 4.78 is 1.14. The molecule has 1 aromatic rings. The number of aldehydes is 1. The predicted octanol–water partition coefficient (Wildman–Crippen LogP) is 3.75. The molecular formula is C12H15BrO. The average Bonchev–Trinajstić information content (AvgIpc) is 2.18. The fourth-order valence-electron chi connectivity index (χ4n) is 1.43. The van der Waals surface area contributed by atoms with Crippen LogP contribution in [-0.4, -0.2) is 6.29 Å². The van der Waals surface area contributed by atoms with Crippen LogP contribution in [0.2, 0.25) is 0 Å². The Balaban J connectivity index is 2.21. The lowest BCUT2D eigenvalue weighted by molar-refractivity contribution is -0.107. The number of hydrogen-bond acceptors (Lipinski definition) is 1. The smallest absolute Gasteiger partial charge is 0.119 e. The van der Waals surface area contributed by atoms with Crippen molar-refractivity contribution in [3.05, 3.63) is 34.3 Å². The van der Waals surface area contributed by atoms with Crippen LogP contribution in [0.5, 0.6) is 0 Å². The highest BCUT2D eigenvalue weighted by molar-refractivity contribution is 9.10. The molecule has 0 saturated heterocycles. The lowest BCUT2D eigenvalue weighted by Crippen LogP contribution is -1.86. The number of rotatable bonds is 6. The summed E-state index contributed by atoms with van der Waals surface area (Å²) in [5.74, 6) is 0. The minimum atomic E-state index is 0.707. The summed E-state index contributed by atoms with van der Waals surface area (Å²) in [7, 11) is 0. The van der Waals surface area contributed by atoms with Crippen LogP contribution in [0.4, 0.5) is 0 Å². The maximum absolute atomic E-state index is 10.1. The van der Waals surface area contributed by atoms with E-state index in [2.05, 4.69) is 34.1 Å². The molecular weight excluding hydrogens is 240 g/mol. The molecule has 0 aliphatic heterocycles. The van der Waals surface area contributed by atoms with Crippen molar-refractivity contribution >= 4 is 22.2 Å². The predicted molar refractivity (Wildman–Crippen MR) is 62.4 cm³/mol. The molecule has 0 aliphatic carbocycles. The fourth-order valence-corrected chi connectivity index (χ4v) is 1.87. The summed E-state index contributed by atoms with van der Waals surface area (Å²) in [5.41, 5.74) is 1.37. The summed E-state index contributed by atoms with van der Waals surface area (Å²) >= 11 is 3.45. The zero-order chi connectivity index (χ0) is 10.2. The van der Waals surface area contributed by atoms with E-state index in [9.17, 15) is 4.79 Å². The van der Waals surface area contributed by atoms with Crippen LogP contribution in [0.3, 0.4) is 0 Å². The highest BCUT2D eigenvalue weighted by Crippen LogP contribution is 2.14. The molecule has 1 rings (SSSR count). The van der Waals surface area contributed by atoms with Gasteiger partial charge in [0.25, 0.3) is 0 Å². The van der Waals surface area contributed by atoms with E-state index in [1.807, 2.05) is 6.07 Å². The molecule has 76 valence electrons. The number of hydrogen-bond donors (Lipinski definition) is 0. The van der Waals surface area contributed by atoms with E-state index in [1.54, 1.807) is 0 Å². The molecule has 0 N–H and O–H groups in total. The van der Waals surface area contributed by atoms with Crippen LogP contribution >= 0.6 is 15.9 Å². The summed E-state index contributed by atoms with van der Waals surface area (Å²) in [6.45, 7) is 0. The van der Waals surface area contributed by atoms with Crippen LogP contribution in [-0.2, 0) is 11.2 Å². The Morgan fingerprint density at radius 2 is 2.07 bits per heavy atom. The van der Waals surface area contributed by atoms with Crippen molar-refractivity contribution in [2.75, 3.05) is 0 Å². The number of unbranched alkanes of at least 4 members (excludes halogenated alkanes) is 3. The van der Waals surface area contributed by atoms with E-state index in [0.29, 0.717) is 6.42 Å². The van der Waals surface area contributed by atoms with E-state index in [0.717, 1.165) is 30.0 Å². The molecule has 1 nitrogen and oxygen atoms in total. The van der Waals surface area contributed by atoms with Crippen LogP contribution in [0.1, 0.15) is 31.2 Å². The first-order valence-electron chi connectivity index (χ1n) is 5.01. The normalized spacial score (nSPS) is 10.1. The van der Waals surface area contributed by atoms with Crippen molar-refractivity contribution < 1.29 is 4.79 Å². The van der Waals surface area contributed by atoms with Gasteiger partial charge in [0, 0.05) is 10.9 Å². The van der Waals surface area contributed by atoms with Gasteiger partial charge < -0.3 is 4.79 Å². The van der Waals surface area contributed by atoms with Crippen LogP contribution < -0.4 is 0 Å². The molecule has 0 atom stereocenters. The maximum Gasteiger partial charge on any atom is 0.119 e. The number of carbonyl (C=O) groups excluding carboxylic acids is 1. The van der Waals surface area contributed by atoms with Gasteiger partial charge in [-0.15, -0.1) is 0 Å². The maximum atomic E-state index is 10.1. The molecule has 14 heavy (non-hydrogen) atoms. The molecule has 0 amide bonds. The third kappa shape index (κ3) is 4.56. The highest BCUT2D eigenvalue weighted by Gasteiger charge is 1.94. The average molecular weight is 255 g/mol. The van der Waals surface area contributed by atoms with Crippen LogP contribution in [0, 0.1) is 0 Å². The molecule has 1 aromatic carbocycles. The molecule has 0 aromatic heterocycles. The monoisotopic (exact) mass is 254 g/mol. The number of aryl methyl sites for hydroxylation is 1. The molecule has 0 unspecified atom stereocenters. The molecule has 2 heteroatoms. The van der Waals surface area contributed by atoms with E-state index < -0.39 is 0 Å². The van der Waals surface area contributed by atoms with E-state index >= 15 is 0 Å². The second-order valence-corrected chi connectivity index (χ2v) is 4.31. The van der Waals surface area contributed by atoms with Crippen molar-refractivity contribution in [1.29, 1.82) is 0 Å². The third-order valence-electron chi connectivity index (χ3n) is 2.18. The molecule has 0 saturated carbocycles. The van der Waals surface area contributed by atoms with E-state index in [4.69, 9.17) is 0 Å². The van der Waals surface area contributed by atoms with Crippen LogP contribution in [0.15, 0.2) is 28.7 Å². The number of halogens is 1. The van der Waals surface area contributed by atoms with Gasteiger partial charge >= 0.3 is 0 Å². The van der Waals surface area contributed by atoms with Crippen LogP contribution in [0.25, 0.3) is 0 Å². The summed E-state index contributed by atoms with van der Waals surface area (Å²) in [6, 6.07) is 8.39. The van der Waals surface area contributed by atoms with Gasteiger partial charge in [-0.2, -0.15) is 0 Å². The Hall–Kier alpha value is -0.630. The molecule has 0 heterocycles. The van der Waals surface area contributed by atoms with Gasteiger partial charge in [-0.1, -0.05) is 34.5 Å². The SMILES string of the molecule is O=CCCCCCc1cccc(Br)c1. The largest absolute Gasteiger partial charge is 0.303 e. The molecule has 0 aliphatic rings. The number of benzene rings is 1. The van der Waals surface area contributed by atoms with Crippen molar-refractivity contribution in [3.8, 4) is 0 Å². The second kappa shape index (κ2) is 6.77. The zero-order valence-corrected chi connectivity index (χ0v) is 9.79. The lowest BCUT2D eigenvalue weighted by Gasteiger charge is -2.01. The van der Waals surface area contributed by atoms with Gasteiger partial charge in [-0.05, 0) is 37.0 Å². The first-order valence-corrected chi connectivity index (χ1v) is 5.80. The van der Waals surface area contributed by atoms with E-state index in [1.165, 1.54) is 12.0 Å². The molecule has 0 radical (unpaired) electrons. The summed E-state index contributed by atoms with van der Waals surface area (Å²) in [4.78, 5) is 10.1. The van der Waals surface area contributed by atoms with Gasteiger partial charge in [0.05, 0.1) is 0 Å². The Kier molecular flexibility index (Phi) is 5.53. The Bertz CT molecular complexity index is 283. The van der Waals surface area contributed by atoms with Gasteiger partial charge in [-0.3, -0.25) is 0 Å². The van der Waals surface area contributed by atoms with Crippen molar-refractivity contribution in [2.24, 2.45) is 0 Å². The van der Waals surface area contributed by atoms with Crippen molar-refractivity contribution in [1.82, 2.24) is 0 Å². The van der Waals surface area contributed by atoms with Gasteiger partial charge in [0.1, 0.15) is 6.29 Å². The van der Waals surface area contributed by atoms with Gasteiger partial charge in [0.2, 0.25) is 0 Å². The molecule has 0 bridgehead atoms. The Morgan fingerprint density at radius 1 is 1.21 bits per heavy atom. The first kappa shape index (κ1) is 11.4. The third-order valence-corrected chi connectivity index (χ3v) is 2.67. The Morgan fingerprint density at radius 3 is 2.79 bits per heavy atom.